The quantitative estimate of drug-likeness (QED) is 0.749. The molecule has 0 atom stereocenters. The average Bonchev–Trinajstić information content (AvgIpc) is 2.37. The number of aliphatic hydroxyl groups excluding tert-OH is 1. The number of rotatable bonds is 7. The maximum Gasteiger partial charge on any atom is 0.335 e. The van der Waals surface area contributed by atoms with E-state index in [0.29, 0.717) is 19.3 Å². The van der Waals surface area contributed by atoms with Crippen molar-refractivity contribution in [3.8, 4) is 0 Å². The first-order valence-electron chi connectivity index (χ1n) is 6.16. The summed E-state index contributed by atoms with van der Waals surface area (Å²) in [6.45, 7) is 1.30. The zero-order valence-electron chi connectivity index (χ0n) is 11.1. The molecule has 20 heavy (non-hydrogen) atoms. The van der Waals surface area contributed by atoms with Gasteiger partial charge in [0.15, 0.2) is 9.84 Å². The Morgan fingerprint density at radius 2 is 1.90 bits per heavy atom. The van der Waals surface area contributed by atoms with Crippen molar-refractivity contribution in [3.05, 3.63) is 29.1 Å². The number of unbranched alkanes of at least 4 members (excludes halogenated alkanes) is 2. The second-order valence-electron chi connectivity index (χ2n) is 4.49. The Hall–Kier alpha value is -1.47. The zero-order chi connectivity index (χ0) is 15.3. The van der Waals surface area contributed by atoms with Gasteiger partial charge in [0.2, 0.25) is 0 Å². The average molecular weight is 304 g/mol. The van der Waals surface area contributed by atoms with Crippen LogP contribution < -0.4 is 0 Å². The minimum Gasteiger partial charge on any atom is -0.478 e. The normalized spacial score (nSPS) is 11.6. The van der Waals surface area contributed by atoms with Gasteiger partial charge < -0.3 is 10.2 Å². The number of carboxylic acid groups (broad SMARTS) is 1. The number of hydrogen-bond donors (Lipinski definition) is 2. The van der Waals surface area contributed by atoms with E-state index in [1.807, 2.05) is 0 Å². The molecule has 112 valence electrons. The van der Waals surface area contributed by atoms with Crippen LogP contribution in [0.2, 0.25) is 0 Å². The number of carbonyl (C=O) groups is 1. The maximum atomic E-state index is 13.6. The van der Waals surface area contributed by atoms with E-state index in [4.69, 9.17) is 10.2 Å². The number of benzene rings is 1. The van der Waals surface area contributed by atoms with Gasteiger partial charge in [0.1, 0.15) is 5.82 Å². The molecule has 0 aliphatic rings. The van der Waals surface area contributed by atoms with Crippen LogP contribution in [-0.2, 0) is 9.84 Å². The van der Waals surface area contributed by atoms with Crippen LogP contribution in [0.1, 0.15) is 35.2 Å². The van der Waals surface area contributed by atoms with Gasteiger partial charge in [-0.1, -0.05) is 6.42 Å². The van der Waals surface area contributed by atoms with Gasteiger partial charge in [0.25, 0.3) is 0 Å². The SMILES string of the molecule is Cc1c(F)cc(C(=O)O)cc1S(=O)(=O)CCCCCO. The zero-order valence-corrected chi connectivity index (χ0v) is 11.9. The topological polar surface area (TPSA) is 91.7 Å². The van der Waals surface area contributed by atoms with Crippen LogP contribution in [0.25, 0.3) is 0 Å². The van der Waals surface area contributed by atoms with Crippen molar-refractivity contribution < 1.29 is 27.8 Å². The van der Waals surface area contributed by atoms with Crippen molar-refractivity contribution in [2.45, 2.75) is 31.1 Å². The number of sulfone groups is 1. The molecule has 0 bridgehead atoms. The van der Waals surface area contributed by atoms with Crippen LogP contribution in [0.4, 0.5) is 4.39 Å². The predicted molar refractivity (Wildman–Crippen MR) is 71.1 cm³/mol. The molecular formula is C13H17FO5S. The Morgan fingerprint density at radius 3 is 2.45 bits per heavy atom. The van der Waals surface area contributed by atoms with Crippen molar-refractivity contribution in [2.24, 2.45) is 0 Å². The molecule has 0 saturated heterocycles. The van der Waals surface area contributed by atoms with Gasteiger partial charge in [0.05, 0.1) is 16.2 Å². The molecule has 0 spiro atoms. The second-order valence-corrected chi connectivity index (χ2v) is 6.57. The standard InChI is InChI=1S/C13H17FO5S/c1-9-11(14)7-10(13(16)17)8-12(9)20(18,19)6-4-2-3-5-15/h7-8,15H,2-6H2,1H3,(H,16,17). The molecule has 0 aliphatic carbocycles. The van der Waals surface area contributed by atoms with E-state index in [9.17, 15) is 17.6 Å². The Balaban J connectivity index is 3.07. The van der Waals surface area contributed by atoms with Gasteiger partial charge in [0, 0.05) is 12.2 Å². The summed E-state index contributed by atoms with van der Waals surface area (Å²) < 4.78 is 37.9. The maximum absolute atomic E-state index is 13.6. The lowest BCUT2D eigenvalue weighted by atomic mass is 10.1. The lowest BCUT2D eigenvalue weighted by Crippen LogP contribution is -2.12. The van der Waals surface area contributed by atoms with Crippen LogP contribution in [0.5, 0.6) is 0 Å². The minimum atomic E-state index is -3.73. The Kier molecular flexibility index (Phi) is 5.64. The molecular weight excluding hydrogens is 287 g/mol. The summed E-state index contributed by atoms with van der Waals surface area (Å²) >= 11 is 0. The highest BCUT2D eigenvalue weighted by atomic mass is 32.2. The molecule has 1 aromatic rings. The number of carboxylic acids is 1. The fourth-order valence-electron chi connectivity index (χ4n) is 1.79. The molecule has 0 heterocycles. The van der Waals surface area contributed by atoms with Crippen LogP contribution in [0, 0.1) is 12.7 Å². The minimum absolute atomic E-state index is 0.0117. The third kappa shape index (κ3) is 4.01. The summed E-state index contributed by atoms with van der Waals surface area (Å²) in [6, 6.07) is 1.80. The molecule has 7 heteroatoms. The summed E-state index contributed by atoms with van der Waals surface area (Å²) in [5.41, 5.74) is -0.459. The van der Waals surface area contributed by atoms with E-state index in [1.54, 1.807) is 0 Å². The van der Waals surface area contributed by atoms with Crippen LogP contribution in [-0.4, -0.2) is 37.0 Å². The van der Waals surface area contributed by atoms with Crippen molar-refractivity contribution in [1.29, 1.82) is 0 Å². The van der Waals surface area contributed by atoms with E-state index in [2.05, 4.69) is 0 Å². The van der Waals surface area contributed by atoms with Gasteiger partial charge in [-0.25, -0.2) is 17.6 Å². The Labute approximate surface area is 117 Å². The first-order chi connectivity index (χ1) is 9.29. The van der Waals surface area contributed by atoms with Crippen LogP contribution >= 0.6 is 0 Å². The van der Waals surface area contributed by atoms with E-state index >= 15 is 0 Å². The van der Waals surface area contributed by atoms with Gasteiger partial charge in [-0.15, -0.1) is 0 Å². The molecule has 0 fully saturated rings. The highest BCUT2D eigenvalue weighted by Crippen LogP contribution is 2.22. The summed E-state index contributed by atoms with van der Waals surface area (Å²) in [5, 5.41) is 17.5. The molecule has 0 amide bonds. The first-order valence-corrected chi connectivity index (χ1v) is 7.82. The van der Waals surface area contributed by atoms with E-state index in [-0.39, 0.29) is 28.4 Å². The fourth-order valence-corrected chi connectivity index (χ4v) is 3.47. The molecule has 0 aliphatic heterocycles. The lowest BCUT2D eigenvalue weighted by molar-refractivity contribution is 0.0696. The summed E-state index contributed by atoms with van der Waals surface area (Å²) in [4.78, 5) is 10.6. The molecule has 0 aromatic heterocycles. The summed E-state index contributed by atoms with van der Waals surface area (Å²) in [7, 11) is -3.73. The van der Waals surface area contributed by atoms with E-state index < -0.39 is 21.6 Å². The molecule has 5 nitrogen and oxygen atoms in total. The highest BCUT2D eigenvalue weighted by molar-refractivity contribution is 7.91. The molecule has 1 rings (SSSR count). The third-order valence-corrected chi connectivity index (χ3v) is 4.87. The summed E-state index contributed by atoms with van der Waals surface area (Å²) in [5.74, 6) is -2.42. The van der Waals surface area contributed by atoms with Gasteiger partial charge in [-0.2, -0.15) is 0 Å². The second kappa shape index (κ2) is 6.81. The summed E-state index contributed by atoms with van der Waals surface area (Å²) in [6.07, 6.45) is 1.37. The predicted octanol–water partition coefficient (Wildman–Crippen LogP) is 1.77. The first kappa shape index (κ1) is 16.6. The van der Waals surface area contributed by atoms with Crippen LogP contribution in [0.3, 0.4) is 0 Å². The smallest absolute Gasteiger partial charge is 0.335 e. The van der Waals surface area contributed by atoms with Crippen molar-refractivity contribution >= 4 is 15.8 Å². The Bertz CT molecular complexity index is 595. The molecule has 0 saturated carbocycles. The van der Waals surface area contributed by atoms with Gasteiger partial charge >= 0.3 is 5.97 Å². The van der Waals surface area contributed by atoms with Gasteiger partial charge in [-0.3, -0.25) is 0 Å². The largest absolute Gasteiger partial charge is 0.478 e. The number of hydrogen-bond acceptors (Lipinski definition) is 4. The highest BCUT2D eigenvalue weighted by Gasteiger charge is 2.21. The molecule has 2 N–H and O–H groups in total. The monoisotopic (exact) mass is 304 g/mol. The van der Waals surface area contributed by atoms with Crippen molar-refractivity contribution in [3.63, 3.8) is 0 Å². The lowest BCUT2D eigenvalue weighted by Gasteiger charge is -2.09. The fraction of sp³-hybridized carbons (Fsp3) is 0.462. The van der Waals surface area contributed by atoms with Gasteiger partial charge in [-0.05, 0) is 31.9 Å². The third-order valence-electron chi connectivity index (χ3n) is 2.95. The Morgan fingerprint density at radius 1 is 1.25 bits per heavy atom. The molecule has 1 aromatic carbocycles. The molecule has 0 unspecified atom stereocenters. The van der Waals surface area contributed by atoms with Crippen LogP contribution in [0.15, 0.2) is 17.0 Å². The van der Waals surface area contributed by atoms with E-state index in [0.717, 1.165) is 12.1 Å². The van der Waals surface area contributed by atoms with Crippen molar-refractivity contribution in [1.82, 2.24) is 0 Å². The number of halogens is 1. The number of aromatic carboxylic acids is 1. The van der Waals surface area contributed by atoms with Crippen molar-refractivity contribution in [2.75, 3.05) is 12.4 Å². The van der Waals surface area contributed by atoms with E-state index in [1.165, 1.54) is 6.92 Å². The number of aliphatic hydroxyl groups is 1. The molecule has 0 radical (unpaired) electrons.